The second-order valence-electron chi connectivity index (χ2n) is 4.60. The summed E-state index contributed by atoms with van der Waals surface area (Å²) in [5.74, 6) is 0.832. The molecule has 3 nitrogen and oxygen atoms in total. The molecule has 0 saturated carbocycles. The Bertz CT molecular complexity index is 573. The standard InChI is InChI=1S/C16H20ClN3S.HI/c1-18-16(20-11-9-14-6-4-12-21-14)19-10-8-13-5-2-3-7-15(13)17;/h2-7,12H,8-11H2,1H3,(H2,18,19,20);1H. The molecule has 0 aliphatic rings. The molecule has 1 aromatic heterocycles. The van der Waals surface area contributed by atoms with Gasteiger partial charge in [0, 0.05) is 30.0 Å². The van der Waals surface area contributed by atoms with Crippen LogP contribution in [-0.4, -0.2) is 26.1 Å². The molecule has 0 aliphatic heterocycles. The first-order chi connectivity index (χ1) is 10.3. The van der Waals surface area contributed by atoms with Crippen LogP contribution >= 0.6 is 46.9 Å². The Labute approximate surface area is 158 Å². The predicted molar refractivity (Wildman–Crippen MR) is 108 cm³/mol. The normalized spacial score (nSPS) is 10.9. The Morgan fingerprint density at radius 1 is 1.09 bits per heavy atom. The van der Waals surface area contributed by atoms with E-state index in [1.54, 1.807) is 18.4 Å². The van der Waals surface area contributed by atoms with Crippen LogP contribution in [0.2, 0.25) is 5.02 Å². The molecule has 1 aromatic carbocycles. The third kappa shape index (κ3) is 6.54. The van der Waals surface area contributed by atoms with Gasteiger partial charge in [-0.25, -0.2) is 0 Å². The lowest BCUT2D eigenvalue weighted by molar-refractivity contribution is 0.788. The molecule has 0 spiro atoms. The number of nitrogens with one attached hydrogen (secondary N) is 2. The average Bonchev–Trinajstić information content (AvgIpc) is 3.01. The SMILES string of the molecule is CN=C(NCCc1cccs1)NCCc1ccccc1Cl.I. The molecular weight excluding hydrogens is 429 g/mol. The number of hydrogen-bond acceptors (Lipinski definition) is 2. The Morgan fingerprint density at radius 2 is 1.82 bits per heavy atom. The van der Waals surface area contributed by atoms with Gasteiger partial charge in [-0.2, -0.15) is 0 Å². The quantitative estimate of drug-likeness (QED) is 0.398. The smallest absolute Gasteiger partial charge is 0.190 e. The van der Waals surface area contributed by atoms with Gasteiger partial charge in [-0.15, -0.1) is 35.3 Å². The summed E-state index contributed by atoms with van der Waals surface area (Å²) in [6.07, 6.45) is 1.90. The summed E-state index contributed by atoms with van der Waals surface area (Å²) in [5, 5.41) is 9.55. The third-order valence-corrected chi connectivity index (χ3v) is 4.42. The maximum atomic E-state index is 6.14. The first-order valence-corrected chi connectivity index (χ1v) is 8.25. The molecule has 22 heavy (non-hydrogen) atoms. The zero-order valence-corrected chi connectivity index (χ0v) is 16.4. The van der Waals surface area contributed by atoms with E-state index >= 15 is 0 Å². The van der Waals surface area contributed by atoms with Crippen molar-refractivity contribution >= 4 is 52.9 Å². The molecular formula is C16H21ClIN3S. The molecule has 0 amide bonds. The predicted octanol–water partition coefficient (Wildman–Crippen LogP) is 3.97. The van der Waals surface area contributed by atoms with Gasteiger partial charge < -0.3 is 10.6 Å². The molecule has 0 radical (unpaired) electrons. The number of nitrogens with zero attached hydrogens (tertiary/aromatic N) is 1. The van der Waals surface area contributed by atoms with Gasteiger partial charge in [-0.3, -0.25) is 4.99 Å². The van der Waals surface area contributed by atoms with Gasteiger partial charge in [0.15, 0.2) is 5.96 Å². The van der Waals surface area contributed by atoms with E-state index in [0.717, 1.165) is 42.5 Å². The molecule has 120 valence electrons. The van der Waals surface area contributed by atoms with E-state index in [1.165, 1.54) is 4.88 Å². The fourth-order valence-electron chi connectivity index (χ4n) is 2.00. The van der Waals surface area contributed by atoms with Crippen LogP contribution in [0.1, 0.15) is 10.4 Å². The van der Waals surface area contributed by atoms with Gasteiger partial charge in [0.25, 0.3) is 0 Å². The summed E-state index contributed by atoms with van der Waals surface area (Å²) in [4.78, 5) is 5.61. The van der Waals surface area contributed by atoms with E-state index in [1.807, 2.05) is 18.2 Å². The number of aliphatic imine (C=N–C) groups is 1. The van der Waals surface area contributed by atoms with Crippen molar-refractivity contribution in [2.75, 3.05) is 20.1 Å². The van der Waals surface area contributed by atoms with Gasteiger partial charge in [0.05, 0.1) is 0 Å². The third-order valence-electron chi connectivity index (χ3n) is 3.11. The maximum absolute atomic E-state index is 6.14. The van der Waals surface area contributed by atoms with Crippen molar-refractivity contribution in [3.05, 3.63) is 57.2 Å². The van der Waals surface area contributed by atoms with Crippen molar-refractivity contribution in [1.29, 1.82) is 0 Å². The molecule has 2 N–H and O–H groups in total. The van der Waals surface area contributed by atoms with Crippen molar-refractivity contribution in [2.45, 2.75) is 12.8 Å². The van der Waals surface area contributed by atoms with E-state index in [9.17, 15) is 0 Å². The molecule has 0 bridgehead atoms. The molecule has 1 heterocycles. The van der Waals surface area contributed by atoms with Crippen molar-refractivity contribution in [2.24, 2.45) is 4.99 Å². The van der Waals surface area contributed by atoms with Crippen molar-refractivity contribution in [3.8, 4) is 0 Å². The number of benzene rings is 1. The lowest BCUT2D eigenvalue weighted by Crippen LogP contribution is -2.39. The van der Waals surface area contributed by atoms with E-state index in [-0.39, 0.29) is 24.0 Å². The summed E-state index contributed by atoms with van der Waals surface area (Å²) in [6, 6.07) is 12.2. The van der Waals surface area contributed by atoms with Crippen molar-refractivity contribution < 1.29 is 0 Å². The monoisotopic (exact) mass is 449 g/mol. The maximum Gasteiger partial charge on any atom is 0.190 e. The van der Waals surface area contributed by atoms with Crippen LogP contribution in [0.25, 0.3) is 0 Å². The van der Waals surface area contributed by atoms with Crippen molar-refractivity contribution in [1.82, 2.24) is 10.6 Å². The van der Waals surface area contributed by atoms with Crippen LogP contribution in [0, 0.1) is 0 Å². The fourth-order valence-corrected chi connectivity index (χ4v) is 2.94. The second-order valence-corrected chi connectivity index (χ2v) is 6.04. The van der Waals surface area contributed by atoms with Crippen molar-refractivity contribution in [3.63, 3.8) is 0 Å². The number of hydrogen-bond donors (Lipinski definition) is 2. The number of rotatable bonds is 6. The number of halogens is 2. The minimum atomic E-state index is 0. The molecule has 6 heteroatoms. The first-order valence-electron chi connectivity index (χ1n) is 7.00. The van der Waals surface area contributed by atoms with E-state index in [0.29, 0.717) is 0 Å². The highest BCUT2D eigenvalue weighted by Gasteiger charge is 2.01. The lowest BCUT2D eigenvalue weighted by atomic mass is 10.1. The molecule has 2 aromatic rings. The number of thiophene rings is 1. The van der Waals surface area contributed by atoms with E-state index in [4.69, 9.17) is 11.6 Å². The van der Waals surface area contributed by atoms with E-state index < -0.39 is 0 Å². The number of guanidine groups is 1. The van der Waals surface area contributed by atoms with Gasteiger partial charge in [-0.1, -0.05) is 35.9 Å². The Morgan fingerprint density at radius 3 is 2.45 bits per heavy atom. The van der Waals surface area contributed by atoms with Crippen LogP contribution < -0.4 is 10.6 Å². The van der Waals surface area contributed by atoms with E-state index in [2.05, 4.69) is 39.2 Å². The topological polar surface area (TPSA) is 36.4 Å². The molecule has 0 aliphatic carbocycles. The van der Waals surface area contributed by atoms with Gasteiger partial charge in [0.2, 0.25) is 0 Å². The van der Waals surface area contributed by atoms with Crippen LogP contribution in [0.4, 0.5) is 0 Å². The van der Waals surface area contributed by atoms with Gasteiger partial charge in [0.1, 0.15) is 0 Å². The Hall–Kier alpha value is -0.790. The second kappa shape index (κ2) is 10.9. The first kappa shape index (κ1) is 19.3. The summed E-state index contributed by atoms with van der Waals surface area (Å²) < 4.78 is 0. The highest BCUT2D eigenvalue weighted by atomic mass is 127. The van der Waals surface area contributed by atoms with Crippen LogP contribution in [0.5, 0.6) is 0 Å². The lowest BCUT2D eigenvalue weighted by Gasteiger charge is -2.12. The summed E-state index contributed by atoms with van der Waals surface area (Å²) in [6.45, 7) is 1.69. The zero-order chi connectivity index (χ0) is 14.9. The summed E-state index contributed by atoms with van der Waals surface area (Å²) >= 11 is 7.93. The fraction of sp³-hybridized carbons (Fsp3) is 0.312. The Balaban J connectivity index is 0.00000242. The average molecular weight is 450 g/mol. The molecule has 0 atom stereocenters. The molecule has 0 saturated heterocycles. The summed E-state index contributed by atoms with van der Waals surface area (Å²) in [7, 11) is 1.79. The molecule has 2 rings (SSSR count). The molecule has 0 unspecified atom stereocenters. The van der Waals surface area contributed by atoms with Gasteiger partial charge in [-0.05, 0) is 35.9 Å². The van der Waals surface area contributed by atoms with Crippen LogP contribution in [0.3, 0.4) is 0 Å². The largest absolute Gasteiger partial charge is 0.356 e. The summed E-state index contributed by atoms with van der Waals surface area (Å²) in [5.41, 5.74) is 1.15. The van der Waals surface area contributed by atoms with Crippen LogP contribution in [0.15, 0.2) is 46.8 Å². The highest BCUT2D eigenvalue weighted by Crippen LogP contribution is 2.14. The zero-order valence-electron chi connectivity index (χ0n) is 12.5. The Kier molecular flexibility index (Phi) is 9.50. The molecule has 0 fully saturated rings. The van der Waals surface area contributed by atoms with Gasteiger partial charge >= 0.3 is 0 Å². The highest BCUT2D eigenvalue weighted by molar-refractivity contribution is 14.0. The minimum Gasteiger partial charge on any atom is -0.356 e. The van der Waals surface area contributed by atoms with Crippen LogP contribution in [-0.2, 0) is 12.8 Å². The minimum absolute atomic E-state index is 0.